The van der Waals surface area contributed by atoms with Gasteiger partial charge in [0.05, 0.1) is 26.4 Å². The lowest BCUT2D eigenvalue weighted by Gasteiger charge is -2.13. The Balaban J connectivity index is 2.17. The highest BCUT2D eigenvalue weighted by Crippen LogP contribution is 2.07. The van der Waals surface area contributed by atoms with Gasteiger partial charge in [0, 0.05) is 6.42 Å². The maximum Gasteiger partial charge on any atom is 0.305 e. The van der Waals surface area contributed by atoms with E-state index < -0.39 is 0 Å². The van der Waals surface area contributed by atoms with Gasteiger partial charge in [-0.25, -0.2) is 0 Å². The van der Waals surface area contributed by atoms with Crippen LogP contribution in [-0.4, -0.2) is 30.9 Å². The summed E-state index contributed by atoms with van der Waals surface area (Å²) >= 11 is 0. The van der Waals surface area contributed by atoms with Crippen molar-refractivity contribution in [3.8, 4) is 0 Å². The van der Waals surface area contributed by atoms with Gasteiger partial charge in [-0.05, 0) is 24.8 Å². The van der Waals surface area contributed by atoms with Crippen molar-refractivity contribution in [1.82, 2.24) is 0 Å². The zero-order valence-corrected chi connectivity index (χ0v) is 12.5. The monoisotopic (exact) mass is 292 g/mol. The van der Waals surface area contributed by atoms with Crippen molar-refractivity contribution >= 4 is 5.97 Å². The number of unbranched alkanes of at least 4 members (excludes halogenated alkanes) is 1. The Bertz CT molecular complexity index is 414. The summed E-state index contributed by atoms with van der Waals surface area (Å²) in [7, 11) is 1.40. The molecule has 1 aromatic carbocycles. The Morgan fingerprint density at radius 3 is 2.71 bits per heavy atom. The van der Waals surface area contributed by atoms with E-state index in [1.165, 1.54) is 7.11 Å². The van der Waals surface area contributed by atoms with E-state index in [9.17, 15) is 9.90 Å². The number of carbonyl (C=O) groups is 1. The highest BCUT2D eigenvalue weighted by Gasteiger charge is 2.05. The summed E-state index contributed by atoms with van der Waals surface area (Å²) in [5.74, 6) is -0.178. The van der Waals surface area contributed by atoms with E-state index >= 15 is 0 Å². The summed E-state index contributed by atoms with van der Waals surface area (Å²) < 4.78 is 10.2. The highest BCUT2D eigenvalue weighted by atomic mass is 16.5. The fourth-order valence-corrected chi connectivity index (χ4v) is 1.82. The summed E-state index contributed by atoms with van der Waals surface area (Å²) in [5, 5.41) is 9.29. The fraction of sp³-hybridized carbons (Fsp3) is 0.471. The van der Waals surface area contributed by atoms with Gasteiger partial charge in [0.15, 0.2) is 0 Å². The van der Waals surface area contributed by atoms with Crippen molar-refractivity contribution in [3.05, 3.63) is 48.0 Å². The average Bonchev–Trinajstić information content (AvgIpc) is 2.54. The first-order valence-corrected chi connectivity index (χ1v) is 7.24. The maximum atomic E-state index is 10.9. The fourth-order valence-electron chi connectivity index (χ4n) is 1.82. The summed E-state index contributed by atoms with van der Waals surface area (Å²) in [6.07, 6.45) is 6.52. The van der Waals surface area contributed by atoms with E-state index in [0.717, 1.165) is 18.4 Å². The molecule has 0 aliphatic rings. The SMILES string of the molecule is COC(=O)CCC/C=C\C[C@H](CO)OCc1ccccc1. The van der Waals surface area contributed by atoms with Gasteiger partial charge >= 0.3 is 5.97 Å². The van der Waals surface area contributed by atoms with Crippen molar-refractivity contribution in [2.24, 2.45) is 0 Å². The van der Waals surface area contributed by atoms with E-state index in [1.807, 2.05) is 42.5 Å². The first-order chi connectivity index (χ1) is 10.3. The minimum Gasteiger partial charge on any atom is -0.469 e. The van der Waals surface area contributed by atoms with Gasteiger partial charge < -0.3 is 14.6 Å². The second-order valence-corrected chi connectivity index (χ2v) is 4.78. The van der Waals surface area contributed by atoms with Crippen LogP contribution in [0.1, 0.15) is 31.2 Å². The van der Waals surface area contributed by atoms with E-state index in [-0.39, 0.29) is 18.7 Å². The van der Waals surface area contributed by atoms with Crippen LogP contribution in [-0.2, 0) is 20.9 Å². The molecule has 1 N–H and O–H groups in total. The molecule has 1 atom stereocenters. The lowest BCUT2D eigenvalue weighted by atomic mass is 10.2. The van der Waals surface area contributed by atoms with Crippen LogP contribution in [0.2, 0.25) is 0 Å². The van der Waals surface area contributed by atoms with Crippen LogP contribution in [0.25, 0.3) is 0 Å². The molecule has 4 heteroatoms. The minimum atomic E-state index is -0.193. The van der Waals surface area contributed by atoms with Crippen molar-refractivity contribution in [1.29, 1.82) is 0 Å². The summed E-state index contributed by atoms with van der Waals surface area (Å²) in [6, 6.07) is 9.89. The van der Waals surface area contributed by atoms with Gasteiger partial charge in [0.1, 0.15) is 0 Å². The Labute approximate surface area is 126 Å². The Morgan fingerprint density at radius 1 is 1.29 bits per heavy atom. The number of rotatable bonds is 10. The molecule has 0 heterocycles. The van der Waals surface area contributed by atoms with Crippen LogP contribution >= 0.6 is 0 Å². The van der Waals surface area contributed by atoms with E-state index in [1.54, 1.807) is 0 Å². The van der Waals surface area contributed by atoms with Crippen LogP contribution < -0.4 is 0 Å². The number of carbonyl (C=O) groups excluding carboxylic acids is 1. The molecule has 116 valence electrons. The van der Waals surface area contributed by atoms with Gasteiger partial charge in [0.2, 0.25) is 0 Å². The third kappa shape index (κ3) is 8.27. The lowest BCUT2D eigenvalue weighted by molar-refractivity contribution is -0.140. The number of allylic oxidation sites excluding steroid dienone is 1. The van der Waals surface area contributed by atoms with Crippen LogP contribution in [0.5, 0.6) is 0 Å². The number of aliphatic hydroxyl groups is 1. The number of benzene rings is 1. The van der Waals surface area contributed by atoms with Gasteiger partial charge in [-0.1, -0.05) is 42.5 Å². The highest BCUT2D eigenvalue weighted by molar-refractivity contribution is 5.68. The third-order valence-corrected chi connectivity index (χ3v) is 3.08. The molecule has 4 nitrogen and oxygen atoms in total. The Hall–Kier alpha value is -1.65. The first-order valence-electron chi connectivity index (χ1n) is 7.24. The zero-order chi connectivity index (χ0) is 15.3. The molecule has 21 heavy (non-hydrogen) atoms. The molecule has 1 rings (SSSR count). The summed E-state index contributed by atoms with van der Waals surface area (Å²) in [5.41, 5.74) is 1.10. The molecule has 0 aliphatic heterocycles. The predicted molar refractivity (Wildman–Crippen MR) is 81.7 cm³/mol. The number of hydrogen-bond donors (Lipinski definition) is 1. The van der Waals surface area contributed by atoms with Crippen molar-refractivity contribution in [3.63, 3.8) is 0 Å². The van der Waals surface area contributed by atoms with E-state index in [2.05, 4.69) is 4.74 Å². The van der Waals surface area contributed by atoms with Crippen LogP contribution in [0.4, 0.5) is 0 Å². The summed E-state index contributed by atoms with van der Waals surface area (Å²) in [4.78, 5) is 10.9. The maximum absolute atomic E-state index is 10.9. The minimum absolute atomic E-state index is 0.000661. The van der Waals surface area contributed by atoms with E-state index in [0.29, 0.717) is 19.4 Å². The number of esters is 1. The quantitative estimate of drug-likeness (QED) is 0.409. The smallest absolute Gasteiger partial charge is 0.305 e. The predicted octanol–water partition coefficient (Wildman–Crippen LogP) is 2.85. The standard InChI is InChI=1S/C17H24O4/c1-20-17(19)12-8-3-2-7-11-16(13-18)21-14-15-9-5-4-6-10-15/h2,4-7,9-10,16,18H,3,8,11-14H2,1H3/b7-2-/t16-/m1/s1. The third-order valence-electron chi connectivity index (χ3n) is 3.08. The first kappa shape index (κ1) is 17.4. The molecule has 0 aromatic heterocycles. The molecule has 0 unspecified atom stereocenters. The number of ether oxygens (including phenoxy) is 2. The lowest BCUT2D eigenvalue weighted by Crippen LogP contribution is -2.16. The zero-order valence-electron chi connectivity index (χ0n) is 12.5. The van der Waals surface area contributed by atoms with Crippen molar-refractivity contribution < 1.29 is 19.4 Å². The number of hydrogen-bond acceptors (Lipinski definition) is 4. The second kappa shape index (κ2) is 11.1. The molecule has 0 amide bonds. The molecule has 0 saturated carbocycles. The Kier molecular flexibility index (Phi) is 9.16. The van der Waals surface area contributed by atoms with E-state index in [4.69, 9.17) is 4.74 Å². The molecule has 0 radical (unpaired) electrons. The normalized spacial score (nSPS) is 12.5. The van der Waals surface area contributed by atoms with Gasteiger partial charge in [-0.15, -0.1) is 0 Å². The average molecular weight is 292 g/mol. The Morgan fingerprint density at radius 2 is 2.05 bits per heavy atom. The molecular formula is C17H24O4. The number of methoxy groups -OCH3 is 1. The second-order valence-electron chi connectivity index (χ2n) is 4.78. The largest absolute Gasteiger partial charge is 0.469 e. The van der Waals surface area contributed by atoms with Crippen LogP contribution in [0, 0.1) is 0 Å². The van der Waals surface area contributed by atoms with Gasteiger partial charge in [0.25, 0.3) is 0 Å². The summed E-state index contributed by atoms with van der Waals surface area (Å²) in [6.45, 7) is 0.502. The van der Waals surface area contributed by atoms with Gasteiger partial charge in [-0.3, -0.25) is 4.79 Å². The van der Waals surface area contributed by atoms with Crippen molar-refractivity contribution in [2.75, 3.05) is 13.7 Å². The molecule has 0 saturated heterocycles. The molecule has 0 fully saturated rings. The van der Waals surface area contributed by atoms with Crippen LogP contribution in [0.3, 0.4) is 0 Å². The molecule has 1 aromatic rings. The molecule has 0 aliphatic carbocycles. The van der Waals surface area contributed by atoms with Gasteiger partial charge in [-0.2, -0.15) is 0 Å². The number of aliphatic hydroxyl groups excluding tert-OH is 1. The topological polar surface area (TPSA) is 55.8 Å². The van der Waals surface area contributed by atoms with Crippen LogP contribution in [0.15, 0.2) is 42.5 Å². The molecular weight excluding hydrogens is 268 g/mol. The van der Waals surface area contributed by atoms with Crippen molar-refractivity contribution in [2.45, 2.75) is 38.4 Å². The molecule has 0 spiro atoms. The molecule has 0 bridgehead atoms.